The number of hydrogen-bond donors (Lipinski definition) is 2. The molecule has 0 radical (unpaired) electrons. The molecule has 6 heteroatoms. The number of rotatable bonds is 8. The van der Waals surface area contributed by atoms with Crippen molar-refractivity contribution in [1.29, 1.82) is 0 Å². The van der Waals surface area contributed by atoms with Crippen molar-refractivity contribution in [3.8, 4) is 11.3 Å². The number of nitrogens with one attached hydrogen (secondary N) is 2. The van der Waals surface area contributed by atoms with Gasteiger partial charge in [-0.15, -0.1) is 0 Å². The third kappa shape index (κ3) is 5.64. The van der Waals surface area contributed by atoms with Crippen molar-refractivity contribution < 1.29 is 9.18 Å². The minimum absolute atomic E-state index is 0.126. The first kappa shape index (κ1) is 20.5. The van der Waals surface area contributed by atoms with Crippen LogP contribution in [0.5, 0.6) is 0 Å². The molecule has 0 aliphatic heterocycles. The number of hydrogen-bond acceptors (Lipinski definition) is 3. The molecule has 152 valence electrons. The first-order valence-electron chi connectivity index (χ1n) is 10.3. The van der Waals surface area contributed by atoms with E-state index in [1.54, 1.807) is 12.1 Å². The summed E-state index contributed by atoms with van der Waals surface area (Å²) in [4.78, 5) is 14.6. The van der Waals surface area contributed by atoms with Crippen LogP contribution in [0.1, 0.15) is 51.1 Å². The molecule has 0 saturated heterocycles. The highest BCUT2D eigenvalue weighted by molar-refractivity contribution is 5.81. The first-order chi connectivity index (χ1) is 13.5. The smallest absolute Gasteiger partial charge is 0.237 e. The average Bonchev–Trinajstić information content (AvgIpc) is 3.17. The second kappa shape index (κ2) is 9.82. The third-order valence-electron chi connectivity index (χ3n) is 5.72. The van der Waals surface area contributed by atoms with Crippen LogP contribution in [0.2, 0.25) is 0 Å². The lowest BCUT2D eigenvalue weighted by atomic mass is 9.95. The SMILES string of the molecule is CC(C(=O)NC1CCCCC1)N(C)CCCc1cc(-c2ccc(F)cc2)n[nH]1. The number of carbonyl (C=O) groups is 1. The summed E-state index contributed by atoms with van der Waals surface area (Å²) in [7, 11) is 2.00. The number of likely N-dealkylation sites (N-methyl/N-ethyl adjacent to an activating group) is 1. The van der Waals surface area contributed by atoms with E-state index in [0.29, 0.717) is 6.04 Å². The monoisotopic (exact) mass is 386 g/mol. The molecule has 1 amide bonds. The summed E-state index contributed by atoms with van der Waals surface area (Å²) in [5.41, 5.74) is 2.77. The van der Waals surface area contributed by atoms with Crippen LogP contribution in [0, 0.1) is 5.82 Å². The molecule has 2 N–H and O–H groups in total. The Balaban J connectivity index is 1.42. The van der Waals surface area contributed by atoms with Gasteiger partial charge in [0.05, 0.1) is 11.7 Å². The molecular formula is C22H31FN4O. The van der Waals surface area contributed by atoms with E-state index in [1.807, 2.05) is 20.0 Å². The Labute approximate surface area is 166 Å². The number of H-pyrrole nitrogens is 1. The average molecular weight is 387 g/mol. The Hall–Kier alpha value is -2.21. The summed E-state index contributed by atoms with van der Waals surface area (Å²) in [6, 6.07) is 8.58. The number of carbonyl (C=O) groups excluding carboxylic acids is 1. The van der Waals surface area contributed by atoms with Crippen LogP contribution in [-0.4, -0.2) is 46.7 Å². The van der Waals surface area contributed by atoms with Gasteiger partial charge in [-0.3, -0.25) is 14.8 Å². The van der Waals surface area contributed by atoms with Gasteiger partial charge in [0.15, 0.2) is 0 Å². The predicted octanol–water partition coefficient (Wildman–Crippen LogP) is 3.92. The van der Waals surface area contributed by atoms with Crippen LogP contribution < -0.4 is 5.32 Å². The molecule has 1 aromatic heterocycles. The number of aryl methyl sites for hydroxylation is 1. The van der Waals surface area contributed by atoms with E-state index in [4.69, 9.17) is 0 Å². The van der Waals surface area contributed by atoms with Gasteiger partial charge < -0.3 is 5.32 Å². The topological polar surface area (TPSA) is 61.0 Å². The normalized spacial score (nSPS) is 16.3. The zero-order valence-electron chi connectivity index (χ0n) is 16.9. The third-order valence-corrected chi connectivity index (χ3v) is 5.72. The molecule has 2 aromatic rings. The Morgan fingerprint density at radius 2 is 2.00 bits per heavy atom. The molecule has 1 fully saturated rings. The quantitative estimate of drug-likeness (QED) is 0.723. The van der Waals surface area contributed by atoms with Crippen molar-refractivity contribution >= 4 is 5.91 Å². The van der Waals surface area contributed by atoms with Crippen molar-refractivity contribution in [2.75, 3.05) is 13.6 Å². The Kier molecular flexibility index (Phi) is 7.20. The van der Waals surface area contributed by atoms with Gasteiger partial charge in [-0.1, -0.05) is 19.3 Å². The minimum Gasteiger partial charge on any atom is -0.352 e. The summed E-state index contributed by atoms with van der Waals surface area (Å²) in [5, 5.41) is 10.6. The lowest BCUT2D eigenvalue weighted by molar-refractivity contribution is -0.126. The van der Waals surface area contributed by atoms with Crippen LogP contribution in [0.15, 0.2) is 30.3 Å². The molecule has 28 heavy (non-hydrogen) atoms. The number of nitrogens with zero attached hydrogens (tertiary/aromatic N) is 2. The fourth-order valence-corrected chi connectivity index (χ4v) is 3.74. The second-order valence-electron chi connectivity index (χ2n) is 7.89. The number of aromatic nitrogens is 2. The van der Waals surface area contributed by atoms with Gasteiger partial charge in [0.2, 0.25) is 5.91 Å². The fourth-order valence-electron chi connectivity index (χ4n) is 3.74. The molecule has 1 aromatic carbocycles. The second-order valence-corrected chi connectivity index (χ2v) is 7.89. The van der Waals surface area contributed by atoms with Gasteiger partial charge in [-0.2, -0.15) is 5.10 Å². The number of halogens is 1. The summed E-state index contributed by atoms with van der Waals surface area (Å²) in [5.74, 6) is -0.112. The molecule has 0 spiro atoms. The standard InChI is InChI=1S/C22H31FN4O/c1-16(22(28)24-19-7-4-3-5-8-19)27(2)14-6-9-20-15-21(26-25-20)17-10-12-18(23)13-11-17/h10-13,15-16,19H,3-9,14H2,1-2H3,(H,24,28)(H,25,26). The largest absolute Gasteiger partial charge is 0.352 e. The molecule has 1 saturated carbocycles. The maximum Gasteiger partial charge on any atom is 0.237 e. The molecule has 1 unspecified atom stereocenters. The van der Waals surface area contributed by atoms with E-state index in [9.17, 15) is 9.18 Å². The van der Waals surface area contributed by atoms with E-state index in [-0.39, 0.29) is 17.8 Å². The highest BCUT2D eigenvalue weighted by Gasteiger charge is 2.22. The van der Waals surface area contributed by atoms with Crippen LogP contribution in [0.3, 0.4) is 0 Å². The highest BCUT2D eigenvalue weighted by Crippen LogP contribution is 2.19. The molecule has 1 atom stereocenters. The Bertz CT molecular complexity index is 752. The van der Waals surface area contributed by atoms with E-state index in [2.05, 4.69) is 20.4 Å². The van der Waals surface area contributed by atoms with Gasteiger partial charge in [0.25, 0.3) is 0 Å². The van der Waals surface area contributed by atoms with Gasteiger partial charge in [0.1, 0.15) is 5.82 Å². The summed E-state index contributed by atoms with van der Waals surface area (Å²) >= 11 is 0. The maximum absolute atomic E-state index is 13.0. The molecule has 5 nitrogen and oxygen atoms in total. The molecule has 3 rings (SSSR count). The van der Waals surface area contributed by atoms with Crippen molar-refractivity contribution in [3.63, 3.8) is 0 Å². The molecule has 1 aliphatic carbocycles. The maximum atomic E-state index is 13.0. The number of benzene rings is 1. The number of aromatic amines is 1. The van der Waals surface area contributed by atoms with Crippen LogP contribution >= 0.6 is 0 Å². The van der Waals surface area contributed by atoms with Crippen LogP contribution in [-0.2, 0) is 11.2 Å². The van der Waals surface area contributed by atoms with Gasteiger partial charge in [-0.05, 0) is 76.5 Å². The Morgan fingerprint density at radius 3 is 2.71 bits per heavy atom. The van der Waals surface area contributed by atoms with Crippen LogP contribution in [0.25, 0.3) is 11.3 Å². The van der Waals surface area contributed by atoms with Crippen molar-refractivity contribution in [2.24, 2.45) is 0 Å². The van der Waals surface area contributed by atoms with E-state index < -0.39 is 0 Å². The molecule has 1 heterocycles. The molecule has 0 bridgehead atoms. The Morgan fingerprint density at radius 1 is 1.29 bits per heavy atom. The summed E-state index contributed by atoms with van der Waals surface area (Å²) in [6.45, 7) is 2.81. The van der Waals surface area contributed by atoms with Crippen molar-refractivity contribution in [1.82, 2.24) is 20.4 Å². The highest BCUT2D eigenvalue weighted by atomic mass is 19.1. The summed E-state index contributed by atoms with van der Waals surface area (Å²) < 4.78 is 13.0. The molecular weight excluding hydrogens is 355 g/mol. The molecule has 1 aliphatic rings. The van der Waals surface area contributed by atoms with E-state index >= 15 is 0 Å². The van der Waals surface area contributed by atoms with Crippen molar-refractivity contribution in [2.45, 2.75) is 64.0 Å². The van der Waals surface area contributed by atoms with Crippen molar-refractivity contribution in [3.05, 3.63) is 41.8 Å². The van der Waals surface area contributed by atoms with Gasteiger partial charge in [-0.25, -0.2) is 4.39 Å². The number of amides is 1. The predicted molar refractivity (Wildman–Crippen MR) is 109 cm³/mol. The van der Waals surface area contributed by atoms with Gasteiger partial charge in [0, 0.05) is 17.3 Å². The van der Waals surface area contributed by atoms with Crippen LogP contribution in [0.4, 0.5) is 4.39 Å². The zero-order valence-corrected chi connectivity index (χ0v) is 16.9. The lowest BCUT2D eigenvalue weighted by Gasteiger charge is -2.28. The zero-order chi connectivity index (χ0) is 19.9. The first-order valence-corrected chi connectivity index (χ1v) is 10.3. The van der Waals surface area contributed by atoms with Gasteiger partial charge >= 0.3 is 0 Å². The fraction of sp³-hybridized carbons (Fsp3) is 0.545. The lowest BCUT2D eigenvalue weighted by Crippen LogP contribution is -2.47. The minimum atomic E-state index is -0.246. The van der Waals surface area contributed by atoms with E-state index in [1.165, 1.54) is 31.4 Å². The summed E-state index contributed by atoms with van der Waals surface area (Å²) in [6.07, 6.45) is 7.74. The van der Waals surface area contributed by atoms with E-state index in [0.717, 1.165) is 49.2 Å².